The van der Waals surface area contributed by atoms with Gasteiger partial charge in [0.1, 0.15) is 5.82 Å². The second-order valence-corrected chi connectivity index (χ2v) is 5.66. The van der Waals surface area contributed by atoms with E-state index in [0.29, 0.717) is 5.92 Å². The Kier molecular flexibility index (Phi) is 4.19. The Hall–Kier alpha value is -1.13. The number of nitrogens with zero attached hydrogens (tertiary/aromatic N) is 2. The summed E-state index contributed by atoms with van der Waals surface area (Å²) in [5, 5.41) is 4.94. The van der Waals surface area contributed by atoms with E-state index < -0.39 is 0 Å². The molecule has 5 heteroatoms. The van der Waals surface area contributed by atoms with Crippen LogP contribution in [0.3, 0.4) is 0 Å². The average Bonchev–Trinajstić information content (AvgIpc) is 2.78. The second kappa shape index (κ2) is 5.67. The maximum atomic E-state index is 6.17. The van der Waals surface area contributed by atoms with Crippen molar-refractivity contribution in [2.45, 2.75) is 32.7 Å². The lowest BCUT2D eigenvalue weighted by Crippen LogP contribution is -2.07. The number of benzene rings is 1. The first-order valence-corrected chi connectivity index (χ1v) is 7.07. The zero-order valence-corrected chi connectivity index (χ0v) is 12.2. The molecule has 0 aliphatic heterocycles. The number of nitrogens with one attached hydrogen (secondary N) is 1. The van der Waals surface area contributed by atoms with Gasteiger partial charge >= 0.3 is 0 Å². The van der Waals surface area contributed by atoms with Gasteiger partial charge in [-0.2, -0.15) is 4.37 Å². The van der Waals surface area contributed by atoms with Crippen molar-refractivity contribution in [2.24, 2.45) is 0 Å². The van der Waals surface area contributed by atoms with E-state index in [4.69, 9.17) is 11.6 Å². The van der Waals surface area contributed by atoms with Gasteiger partial charge in [-0.3, -0.25) is 0 Å². The van der Waals surface area contributed by atoms with Crippen molar-refractivity contribution in [2.75, 3.05) is 5.32 Å². The van der Waals surface area contributed by atoms with Gasteiger partial charge in [-0.15, -0.1) is 0 Å². The third-order valence-electron chi connectivity index (χ3n) is 2.67. The molecule has 0 saturated carbocycles. The first kappa shape index (κ1) is 13.3. The van der Waals surface area contributed by atoms with Gasteiger partial charge in [0.2, 0.25) is 5.13 Å². The summed E-state index contributed by atoms with van der Waals surface area (Å²) in [5.74, 6) is 1.24. The van der Waals surface area contributed by atoms with Crippen LogP contribution < -0.4 is 5.32 Å². The van der Waals surface area contributed by atoms with E-state index in [1.165, 1.54) is 11.5 Å². The molecule has 0 amide bonds. The monoisotopic (exact) mass is 281 g/mol. The van der Waals surface area contributed by atoms with E-state index in [0.717, 1.165) is 21.5 Å². The van der Waals surface area contributed by atoms with Crippen molar-refractivity contribution < 1.29 is 0 Å². The highest BCUT2D eigenvalue weighted by Crippen LogP contribution is 2.27. The fraction of sp³-hybridized carbons (Fsp3) is 0.385. The third-order valence-corrected chi connectivity index (χ3v) is 3.67. The van der Waals surface area contributed by atoms with E-state index in [2.05, 4.69) is 35.4 Å². The normalized spacial score (nSPS) is 12.7. The SMILES string of the molecule is CC(C)c1nsc(NC(C)c2ccccc2Cl)n1. The van der Waals surface area contributed by atoms with Gasteiger partial charge in [0.15, 0.2) is 0 Å². The van der Waals surface area contributed by atoms with Crippen molar-refractivity contribution in [1.82, 2.24) is 9.36 Å². The maximum absolute atomic E-state index is 6.17. The first-order valence-electron chi connectivity index (χ1n) is 5.92. The van der Waals surface area contributed by atoms with Crippen LogP contribution in [0.2, 0.25) is 5.02 Å². The molecule has 1 heterocycles. The molecule has 0 aliphatic rings. The van der Waals surface area contributed by atoms with Gasteiger partial charge in [-0.25, -0.2) is 4.98 Å². The van der Waals surface area contributed by atoms with E-state index in [1.54, 1.807) is 0 Å². The Bertz CT molecular complexity index is 524. The highest BCUT2D eigenvalue weighted by Gasteiger charge is 2.12. The molecule has 0 bridgehead atoms. The van der Waals surface area contributed by atoms with Crippen LogP contribution in [0.25, 0.3) is 0 Å². The summed E-state index contributed by atoms with van der Waals surface area (Å²) >= 11 is 7.56. The fourth-order valence-corrected chi connectivity index (χ4v) is 2.71. The molecule has 2 aromatic rings. The number of hydrogen-bond acceptors (Lipinski definition) is 4. The lowest BCUT2D eigenvalue weighted by Gasteiger charge is -2.14. The molecule has 0 spiro atoms. The minimum atomic E-state index is 0.117. The lowest BCUT2D eigenvalue weighted by atomic mass is 10.1. The van der Waals surface area contributed by atoms with E-state index >= 15 is 0 Å². The zero-order valence-electron chi connectivity index (χ0n) is 10.6. The van der Waals surface area contributed by atoms with Gasteiger partial charge in [0.05, 0.1) is 6.04 Å². The molecule has 0 aliphatic carbocycles. The topological polar surface area (TPSA) is 37.8 Å². The molecule has 1 unspecified atom stereocenters. The molecule has 1 aromatic heterocycles. The largest absolute Gasteiger partial charge is 0.354 e. The quantitative estimate of drug-likeness (QED) is 0.897. The van der Waals surface area contributed by atoms with Gasteiger partial charge < -0.3 is 5.32 Å². The van der Waals surface area contributed by atoms with Gasteiger partial charge in [-0.1, -0.05) is 43.6 Å². The van der Waals surface area contributed by atoms with Crippen LogP contribution in [0, 0.1) is 0 Å². The molecule has 1 N–H and O–H groups in total. The summed E-state index contributed by atoms with van der Waals surface area (Å²) in [6, 6.07) is 7.95. The number of aromatic nitrogens is 2. The summed E-state index contributed by atoms with van der Waals surface area (Å²) in [6.07, 6.45) is 0. The Labute approximate surface area is 116 Å². The molecular weight excluding hydrogens is 266 g/mol. The van der Waals surface area contributed by atoms with Crippen molar-refractivity contribution in [3.63, 3.8) is 0 Å². The van der Waals surface area contributed by atoms with E-state index in [9.17, 15) is 0 Å². The van der Waals surface area contributed by atoms with Crippen LogP contribution in [0.15, 0.2) is 24.3 Å². The van der Waals surface area contributed by atoms with Gasteiger partial charge in [0.25, 0.3) is 0 Å². The Morgan fingerprint density at radius 1 is 1.22 bits per heavy atom. The predicted octanol–water partition coefficient (Wildman–Crippen LogP) is 4.49. The van der Waals surface area contributed by atoms with Gasteiger partial charge in [0, 0.05) is 22.5 Å². The van der Waals surface area contributed by atoms with Crippen LogP contribution in [-0.4, -0.2) is 9.36 Å². The summed E-state index contributed by atoms with van der Waals surface area (Å²) in [7, 11) is 0. The molecule has 1 atom stereocenters. The lowest BCUT2D eigenvalue weighted by molar-refractivity contribution is 0.795. The van der Waals surface area contributed by atoms with Gasteiger partial charge in [-0.05, 0) is 18.6 Å². The molecular formula is C13H16ClN3S. The molecule has 0 radical (unpaired) electrons. The Balaban J connectivity index is 2.11. The summed E-state index contributed by atoms with van der Waals surface area (Å²) in [5.41, 5.74) is 1.07. The summed E-state index contributed by atoms with van der Waals surface area (Å²) in [6.45, 7) is 6.24. The Morgan fingerprint density at radius 3 is 2.56 bits per heavy atom. The highest BCUT2D eigenvalue weighted by molar-refractivity contribution is 7.09. The molecule has 18 heavy (non-hydrogen) atoms. The van der Waals surface area contributed by atoms with Crippen LogP contribution in [0.4, 0.5) is 5.13 Å². The maximum Gasteiger partial charge on any atom is 0.203 e. The van der Waals surface area contributed by atoms with Crippen LogP contribution in [0.1, 0.15) is 44.1 Å². The molecule has 1 aromatic carbocycles. The van der Waals surface area contributed by atoms with Crippen molar-refractivity contribution in [3.05, 3.63) is 40.7 Å². The average molecular weight is 282 g/mol. The first-order chi connectivity index (χ1) is 8.58. The predicted molar refractivity (Wildman–Crippen MR) is 77.5 cm³/mol. The van der Waals surface area contributed by atoms with Crippen molar-refractivity contribution in [1.29, 1.82) is 0 Å². The number of hydrogen-bond donors (Lipinski definition) is 1. The minimum Gasteiger partial charge on any atom is -0.354 e. The van der Waals surface area contributed by atoms with Crippen LogP contribution >= 0.6 is 23.1 Å². The smallest absolute Gasteiger partial charge is 0.203 e. The van der Waals surface area contributed by atoms with Crippen LogP contribution in [0.5, 0.6) is 0 Å². The zero-order chi connectivity index (χ0) is 13.1. The van der Waals surface area contributed by atoms with Crippen LogP contribution in [-0.2, 0) is 0 Å². The van der Waals surface area contributed by atoms with Crippen molar-refractivity contribution in [3.8, 4) is 0 Å². The van der Waals surface area contributed by atoms with E-state index in [-0.39, 0.29) is 6.04 Å². The molecule has 2 rings (SSSR count). The number of rotatable bonds is 4. The molecule has 0 saturated heterocycles. The molecule has 0 fully saturated rings. The standard InChI is InChI=1S/C13H16ClN3S/c1-8(2)12-16-13(18-17-12)15-9(3)10-6-4-5-7-11(10)14/h4-9H,1-3H3,(H,15,16,17). The third kappa shape index (κ3) is 3.00. The summed E-state index contributed by atoms with van der Waals surface area (Å²) < 4.78 is 4.32. The van der Waals surface area contributed by atoms with E-state index in [1.807, 2.05) is 24.3 Å². The minimum absolute atomic E-state index is 0.117. The highest BCUT2D eigenvalue weighted by atomic mass is 35.5. The second-order valence-electron chi connectivity index (χ2n) is 4.50. The molecule has 3 nitrogen and oxygen atoms in total. The van der Waals surface area contributed by atoms with Crippen molar-refractivity contribution >= 4 is 28.3 Å². The fourth-order valence-electron chi connectivity index (χ4n) is 1.62. The summed E-state index contributed by atoms with van der Waals surface area (Å²) in [4.78, 5) is 4.46. The number of anilines is 1. The number of halogens is 1. The Morgan fingerprint density at radius 2 is 1.94 bits per heavy atom. The molecule has 96 valence electrons.